The van der Waals surface area contributed by atoms with Gasteiger partial charge < -0.3 is 0 Å². The molecular weight excluding hydrogens is 184 g/mol. The second-order valence-corrected chi connectivity index (χ2v) is 2.86. The molecule has 0 bridgehead atoms. The predicted molar refractivity (Wildman–Crippen MR) is 40.9 cm³/mol. The van der Waals surface area contributed by atoms with Gasteiger partial charge in [0.1, 0.15) is 5.82 Å². The van der Waals surface area contributed by atoms with Crippen LogP contribution in [0.25, 0.3) is 0 Å². The molecule has 4 heteroatoms. The van der Waals surface area contributed by atoms with E-state index in [0.29, 0.717) is 5.56 Å². The zero-order chi connectivity index (χ0) is 10.1. The van der Waals surface area contributed by atoms with Crippen LogP contribution >= 0.6 is 0 Å². The minimum atomic E-state index is -4.28. The van der Waals surface area contributed by atoms with Crippen LogP contribution in [0.3, 0.4) is 0 Å². The van der Waals surface area contributed by atoms with Crippen LogP contribution in [0.15, 0.2) is 18.2 Å². The fraction of sp³-hybridized carbons (Fsp3) is 0.333. The van der Waals surface area contributed by atoms with E-state index in [1.54, 1.807) is 0 Å². The number of halogens is 4. The predicted octanol–water partition coefficient (Wildman–Crippen LogP) is 3.24. The molecule has 0 fully saturated rings. The van der Waals surface area contributed by atoms with Crippen molar-refractivity contribution in [2.75, 3.05) is 0 Å². The van der Waals surface area contributed by atoms with Crippen LogP contribution in [0.2, 0.25) is 0 Å². The van der Waals surface area contributed by atoms with Crippen molar-refractivity contribution in [3.8, 4) is 0 Å². The molecule has 72 valence electrons. The molecule has 0 aliphatic heterocycles. The summed E-state index contributed by atoms with van der Waals surface area (Å²) in [6, 6.07) is 3.41. The Morgan fingerprint density at radius 3 is 2.38 bits per heavy atom. The molecule has 0 N–H and O–H groups in total. The van der Waals surface area contributed by atoms with Crippen molar-refractivity contribution in [3.05, 3.63) is 35.1 Å². The Morgan fingerprint density at radius 2 is 1.85 bits per heavy atom. The molecule has 0 aromatic heterocycles. The lowest BCUT2D eigenvalue weighted by Crippen LogP contribution is -2.12. The largest absolute Gasteiger partial charge is 0.393 e. The van der Waals surface area contributed by atoms with E-state index in [9.17, 15) is 17.6 Å². The number of aryl methyl sites for hydroxylation is 1. The zero-order valence-electron chi connectivity index (χ0n) is 6.95. The van der Waals surface area contributed by atoms with Gasteiger partial charge in [0.05, 0.1) is 6.42 Å². The van der Waals surface area contributed by atoms with E-state index in [1.165, 1.54) is 13.0 Å². The fourth-order valence-electron chi connectivity index (χ4n) is 1.05. The van der Waals surface area contributed by atoms with Gasteiger partial charge in [-0.3, -0.25) is 0 Å². The molecule has 0 heterocycles. The minimum Gasteiger partial charge on any atom is -0.207 e. The van der Waals surface area contributed by atoms with E-state index < -0.39 is 18.4 Å². The Morgan fingerprint density at radius 1 is 1.23 bits per heavy atom. The summed E-state index contributed by atoms with van der Waals surface area (Å²) in [6.45, 7) is 1.53. The average molecular weight is 192 g/mol. The van der Waals surface area contributed by atoms with Gasteiger partial charge in [-0.1, -0.05) is 6.07 Å². The Labute approximate surface area is 73.2 Å². The maximum absolute atomic E-state index is 12.6. The average Bonchev–Trinajstić information content (AvgIpc) is 1.94. The molecule has 1 aromatic rings. The first-order valence-corrected chi connectivity index (χ1v) is 3.70. The van der Waals surface area contributed by atoms with Gasteiger partial charge in [0.2, 0.25) is 0 Å². The quantitative estimate of drug-likeness (QED) is 0.599. The van der Waals surface area contributed by atoms with Crippen LogP contribution in [-0.4, -0.2) is 6.18 Å². The van der Waals surface area contributed by atoms with Crippen LogP contribution in [0.4, 0.5) is 17.6 Å². The molecular formula is C9H8F4. The Bertz CT molecular complexity index is 301. The standard InChI is InChI=1S/C9H8F4/c1-6-2-3-8(10)4-7(6)5-9(11,12)13/h2-4H,5H2,1H3. The highest BCUT2D eigenvalue weighted by molar-refractivity contribution is 5.27. The summed E-state index contributed by atoms with van der Waals surface area (Å²) in [5.41, 5.74) is 0.450. The van der Waals surface area contributed by atoms with Crippen molar-refractivity contribution >= 4 is 0 Å². The number of hydrogen-bond donors (Lipinski definition) is 0. The van der Waals surface area contributed by atoms with Gasteiger partial charge in [-0.05, 0) is 30.2 Å². The molecule has 0 saturated heterocycles. The maximum Gasteiger partial charge on any atom is 0.393 e. The van der Waals surface area contributed by atoms with Gasteiger partial charge in [0, 0.05) is 0 Å². The molecule has 0 saturated carbocycles. The summed E-state index contributed by atoms with van der Waals surface area (Å²) in [4.78, 5) is 0. The van der Waals surface area contributed by atoms with E-state index >= 15 is 0 Å². The Kier molecular flexibility index (Phi) is 2.59. The minimum absolute atomic E-state index is 0.00694. The lowest BCUT2D eigenvalue weighted by atomic mass is 10.1. The second-order valence-electron chi connectivity index (χ2n) is 2.86. The van der Waals surface area contributed by atoms with Gasteiger partial charge in [-0.25, -0.2) is 4.39 Å². The van der Waals surface area contributed by atoms with Crippen LogP contribution in [-0.2, 0) is 6.42 Å². The lowest BCUT2D eigenvalue weighted by molar-refractivity contribution is -0.127. The molecule has 0 aliphatic rings. The number of hydrogen-bond acceptors (Lipinski definition) is 0. The topological polar surface area (TPSA) is 0 Å². The maximum atomic E-state index is 12.6. The molecule has 0 unspecified atom stereocenters. The van der Waals surface area contributed by atoms with Crippen molar-refractivity contribution in [2.24, 2.45) is 0 Å². The molecule has 1 rings (SSSR count). The monoisotopic (exact) mass is 192 g/mol. The highest BCUT2D eigenvalue weighted by atomic mass is 19.4. The highest BCUT2D eigenvalue weighted by Crippen LogP contribution is 2.23. The molecule has 0 atom stereocenters. The SMILES string of the molecule is Cc1ccc(F)cc1CC(F)(F)F. The number of alkyl halides is 3. The van der Waals surface area contributed by atoms with Gasteiger partial charge in [-0.15, -0.1) is 0 Å². The third kappa shape index (κ3) is 3.05. The van der Waals surface area contributed by atoms with Gasteiger partial charge in [-0.2, -0.15) is 13.2 Å². The zero-order valence-corrected chi connectivity index (χ0v) is 6.95. The fourth-order valence-corrected chi connectivity index (χ4v) is 1.05. The van der Waals surface area contributed by atoms with Gasteiger partial charge in [0.15, 0.2) is 0 Å². The molecule has 0 radical (unpaired) electrons. The summed E-state index contributed by atoms with van der Waals surface area (Å²) in [5, 5.41) is 0. The number of benzene rings is 1. The smallest absolute Gasteiger partial charge is 0.207 e. The van der Waals surface area contributed by atoms with E-state index in [4.69, 9.17) is 0 Å². The summed E-state index contributed by atoms with van der Waals surface area (Å²) in [6.07, 6.45) is -5.35. The molecule has 0 nitrogen and oxygen atoms in total. The Hall–Kier alpha value is -1.06. The highest BCUT2D eigenvalue weighted by Gasteiger charge is 2.28. The summed E-state index contributed by atoms with van der Waals surface area (Å²) < 4.78 is 48.3. The van der Waals surface area contributed by atoms with Crippen molar-refractivity contribution < 1.29 is 17.6 Å². The van der Waals surface area contributed by atoms with E-state index in [0.717, 1.165) is 12.1 Å². The van der Waals surface area contributed by atoms with Crippen molar-refractivity contribution in [1.29, 1.82) is 0 Å². The molecule has 0 amide bonds. The van der Waals surface area contributed by atoms with E-state index in [2.05, 4.69) is 0 Å². The van der Waals surface area contributed by atoms with Crippen molar-refractivity contribution in [2.45, 2.75) is 19.5 Å². The van der Waals surface area contributed by atoms with Crippen molar-refractivity contribution in [3.63, 3.8) is 0 Å². The molecule has 0 aliphatic carbocycles. The van der Waals surface area contributed by atoms with Crippen LogP contribution in [0, 0.1) is 12.7 Å². The molecule has 1 aromatic carbocycles. The number of rotatable bonds is 1. The van der Waals surface area contributed by atoms with Crippen molar-refractivity contribution in [1.82, 2.24) is 0 Å². The summed E-state index contributed by atoms with van der Waals surface area (Å²) in [7, 11) is 0. The first kappa shape index (κ1) is 10.0. The third-order valence-electron chi connectivity index (χ3n) is 1.70. The first-order valence-electron chi connectivity index (χ1n) is 3.70. The summed E-state index contributed by atoms with van der Waals surface area (Å²) in [5.74, 6) is -0.634. The normalized spacial score (nSPS) is 11.8. The van der Waals surface area contributed by atoms with Gasteiger partial charge >= 0.3 is 6.18 Å². The van der Waals surface area contributed by atoms with Crippen LogP contribution in [0.5, 0.6) is 0 Å². The van der Waals surface area contributed by atoms with Gasteiger partial charge in [0.25, 0.3) is 0 Å². The van der Waals surface area contributed by atoms with E-state index in [1.807, 2.05) is 0 Å². The molecule has 0 spiro atoms. The van der Waals surface area contributed by atoms with Crippen LogP contribution < -0.4 is 0 Å². The Balaban J connectivity index is 2.94. The second kappa shape index (κ2) is 3.36. The first-order chi connectivity index (χ1) is 5.88. The lowest BCUT2D eigenvalue weighted by Gasteiger charge is -2.08. The third-order valence-corrected chi connectivity index (χ3v) is 1.70. The molecule has 13 heavy (non-hydrogen) atoms. The summed E-state index contributed by atoms with van der Waals surface area (Å²) >= 11 is 0. The van der Waals surface area contributed by atoms with Crippen LogP contribution in [0.1, 0.15) is 11.1 Å². The van der Waals surface area contributed by atoms with E-state index in [-0.39, 0.29) is 5.56 Å².